The van der Waals surface area contributed by atoms with Crippen LogP contribution in [-0.2, 0) is 20.7 Å². The van der Waals surface area contributed by atoms with Crippen molar-refractivity contribution in [2.24, 2.45) is 17.4 Å². The molecule has 0 fully saturated rings. The van der Waals surface area contributed by atoms with E-state index in [4.69, 9.17) is 11.5 Å². The second-order valence-electron chi connectivity index (χ2n) is 4.40. The molecule has 0 spiro atoms. The van der Waals surface area contributed by atoms with Crippen LogP contribution in [0.5, 0.6) is 0 Å². The van der Waals surface area contributed by atoms with E-state index in [0.717, 1.165) is 0 Å². The number of nitrogens with one attached hydrogen (secondary N) is 1. The van der Waals surface area contributed by atoms with Gasteiger partial charge in [0.2, 0.25) is 0 Å². The van der Waals surface area contributed by atoms with Crippen molar-refractivity contribution in [2.75, 3.05) is 0 Å². The molecule has 0 amide bonds. The maximum atomic E-state index is 11.5. The fourth-order valence-electron chi connectivity index (χ4n) is 1.23. The largest absolute Gasteiger partial charge is 0.391 e. The summed E-state index contributed by atoms with van der Waals surface area (Å²) in [6, 6.07) is -1.75. The summed E-state index contributed by atoms with van der Waals surface area (Å²) in [5, 5.41) is 0. The van der Waals surface area contributed by atoms with Crippen LogP contribution in [0.25, 0.3) is 0 Å². The minimum Gasteiger partial charge on any atom is -0.391 e. The number of H-pyrrole nitrogens is 1. The van der Waals surface area contributed by atoms with Gasteiger partial charge >= 0.3 is 11.9 Å². The third kappa shape index (κ3) is 3.94. The summed E-state index contributed by atoms with van der Waals surface area (Å²) in [6.07, 6.45) is 3.26. The molecule has 0 aliphatic rings. The Kier molecular flexibility index (Phi) is 4.99. The Hall–Kier alpha value is -1.73. The van der Waals surface area contributed by atoms with Crippen LogP contribution >= 0.6 is 0 Å². The van der Waals surface area contributed by atoms with Gasteiger partial charge in [-0.25, -0.2) is 14.6 Å². The number of nitrogens with two attached hydrogens (primary N) is 2. The molecule has 7 heteroatoms. The van der Waals surface area contributed by atoms with Crippen molar-refractivity contribution in [3.05, 3.63) is 18.2 Å². The van der Waals surface area contributed by atoms with Crippen LogP contribution in [-0.4, -0.2) is 34.0 Å². The Morgan fingerprint density at radius 1 is 1.39 bits per heavy atom. The highest BCUT2D eigenvalue weighted by Crippen LogP contribution is 2.03. The van der Waals surface area contributed by atoms with Gasteiger partial charge < -0.3 is 21.2 Å². The number of esters is 2. The molecule has 0 aromatic carbocycles. The van der Waals surface area contributed by atoms with Crippen molar-refractivity contribution in [1.29, 1.82) is 0 Å². The number of hydrogen-bond donors (Lipinski definition) is 3. The second-order valence-corrected chi connectivity index (χ2v) is 4.40. The highest BCUT2D eigenvalue weighted by Gasteiger charge is 2.25. The van der Waals surface area contributed by atoms with E-state index < -0.39 is 24.0 Å². The number of hydrogen-bond acceptors (Lipinski definition) is 6. The Bertz CT molecular complexity index is 402. The molecule has 0 bridgehead atoms. The van der Waals surface area contributed by atoms with E-state index in [1.54, 1.807) is 20.0 Å². The van der Waals surface area contributed by atoms with Gasteiger partial charge in [-0.3, -0.25) is 0 Å². The highest BCUT2D eigenvalue weighted by molar-refractivity contribution is 5.90. The smallest absolute Gasteiger partial charge is 0.330 e. The number of carbonyl (C=O) groups is 2. The molecule has 100 valence electrons. The van der Waals surface area contributed by atoms with E-state index in [9.17, 15) is 9.59 Å². The van der Waals surface area contributed by atoms with Gasteiger partial charge in [-0.2, -0.15) is 0 Å². The summed E-state index contributed by atoms with van der Waals surface area (Å²) in [5.74, 6) is -1.64. The van der Waals surface area contributed by atoms with Crippen LogP contribution in [0, 0.1) is 5.92 Å². The fraction of sp³-hybridized carbons (Fsp3) is 0.545. The lowest BCUT2D eigenvalue weighted by atomic mass is 10.1. The molecule has 1 aromatic heterocycles. The predicted octanol–water partition coefficient (Wildman–Crippen LogP) is -0.667. The SMILES string of the molecule is CC(C)[C@@H](N)C(=O)OC(=O)[C@H](N)Cc1cnc[nH]1. The summed E-state index contributed by atoms with van der Waals surface area (Å²) in [6.45, 7) is 3.53. The van der Waals surface area contributed by atoms with E-state index in [1.807, 2.05) is 0 Å². The lowest BCUT2D eigenvalue weighted by Crippen LogP contribution is -2.42. The van der Waals surface area contributed by atoms with E-state index >= 15 is 0 Å². The summed E-state index contributed by atoms with van der Waals surface area (Å²) >= 11 is 0. The number of aromatic nitrogens is 2. The van der Waals surface area contributed by atoms with Gasteiger partial charge in [0, 0.05) is 18.3 Å². The first-order valence-electron chi connectivity index (χ1n) is 5.65. The Balaban J connectivity index is 2.47. The highest BCUT2D eigenvalue weighted by atomic mass is 16.6. The van der Waals surface area contributed by atoms with Crippen LogP contribution in [0.15, 0.2) is 12.5 Å². The predicted molar refractivity (Wildman–Crippen MR) is 64.2 cm³/mol. The average Bonchev–Trinajstić information content (AvgIpc) is 2.80. The van der Waals surface area contributed by atoms with Gasteiger partial charge in [-0.15, -0.1) is 0 Å². The monoisotopic (exact) mass is 254 g/mol. The maximum absolute atomic E-state index is 11.5. The average molecular weight is 254 g/mol. The van der Waals surface area contributed by atoms with Gasteiger partial charge in [-0.05, 0) is 5.92 Å². The van der Waals surface area contributed by atoms with Crippen molar-refractivity contribution < 1.29 is 14.3 Å². The van der Waals surface area contributed by atoms with Crippen molar-refractivity contribution in [1.82, 2.24) is 9.97 Å². The molecule has 0 aliphatic carbocycles. The van der Waals surface area contributed by atoms with E-state index in [-0.39, 0.29) is 12.3 Å². The zero-order valence-electron chi connectivity index (χ0n) is 10.4. The third-order valence-corrected chi connectivity index (χ3v) is 2.49. The molecule has 0 radical (unpaired) electrons. The summed E-state index contributed by atoms with van der Waals surface area (Å²) in [5.41, 5.74) is 11.9. The number of aromatic amines is 1. The first kappa shape index (κ1) is 14.3. The number of nitrogens with zero attached hydrogens (tertiary/aromatic N) is 1. The van der Waals surface area contributed by atoms with Crippen molar-refractivity contribution in [2.45, 2.75) is 32.4 Å². The Labute approximate surface area is 105 Å². The van der Waals surface area contributed by atoms with E-state index in [2.05, 4.69) is 14.7 Å². The molecule has 5 N–H and O–H groups in total. The summed E-state index contributed by atoms with van der Waals surface area (Å²) < 4.78 is 4.62. The van der Waals surface area contributed by atoms with E-state index in [0.29, 0.717) is 5.69 Å². The lowest BCUT2D eigenvalue weighted by molar-refractivity contribution is -0.162. The molecule has 0 aliphatic heterocycles. The molecule has 1 aromatic rings. The quantitative estimate of drug-likeness (QED) is 0.473. The minimum atomic E-state index is -0.922. The number of ether oxygens (including phenoxy) is 1. The maximum Gasteiger partial charge on any atom is 0.330 e. The van der Waals surface area contributed by atoms with Crippen LogP contribution in [0.3, 0.4) is 0 Å². The molecule has 18 heavy (non-hydrogen) atoms. The van der Waals surface area contributed by atoms with Gasteiger partial charge in [0.15, 0.2) is 0 Å². The van der Waals surface area contributed by atoms with Gasteiger partial charge in [0.05, 0.1) is 6.33 Å². The van der Waals surface area contributed by atoms with Crippen molar-refractivity contribution in [3.8, 4) is 0 Å². The lowest BCUT2D eigenvalue weighted by Gasteiger charge is -2.15. The first-order valence-corrected chi connectivity index (χ1v) is 5.65. The Morgan fingerprint density at radius 3 is 2.56 bits per heavy atom. The molecule has 0 saturated carbocycles. The van der Waals surface area contributed by atoms with Crippen LogP contribution in [0.2, 0.25) is 0 Å². The van der Waals surface area contributed by atoms with Crippen molar-refractivity contribution >= 4 is 11.9 Å². The van der Waals surface area contributed by atoms with Gasteiger partial charge in [0.1, 0.15) is 12.1 Å². The number of imidazole rings is 1. The molecular formula is C11H18N4O3. The molecular weight excluding hydrogens is 236 g/mol. The normalized spacial score (nSPS) is 14.3. The molecule has 1 heterocycles. The first-order chi connectivity index (χ1) is 8.41. The molecule has 7 nitrogen and oxygen atoms in total. The second kappa shape index (κ2) is 6.27. The third-order valence-electron chi connectivity index (χ3n) is 2.49. The van der Waals surface area contributed by atoms with Crippen molar-refractivity contribution in [3.63, 3.8) is 0 Å². The minimum absolute atomic E-state index is 0.103. The van der Waals surface area contributed by atoms with E-state index in [1.165, 1.54) is 6.33 Å². The molecule has 2 atom stereocenters. The topological polar surface area (TPSA) is 124 Å². The van der Waals surface area contributed by atoms with Crippen LogP contribution in [0.4, 0.5) is 0 Å². The van der Waals surface area contributed by atoms with Gasteiger partial charge in [0.25, 0.3) is 0 Å². The molecule has 0 unspecified atom stereocenters. The summed E-state index contributed by atoms with van der Waals surface area (Å²) in [7, 11) is 0. The van der Waals surface area contributed by atoms with Crippen LogP contribution < -0.4 is 11.5 Å². The molecule has 1 rings (SSSR count). The standard InChI is InChI=1S/C11H18N4O3/c1-6(2)9(13)11(17)18-10(16)8(12)3-7-4-14-5-15-7/h4-6,8-9H,3,12-13H2,1-2H3,(H,14,15)/t8-,9-/m1/s1. The fourth-order valence-corrected chi connectivity index (χ4v) is 1.23. The summed E-state index contributed by atoms with van der Waals surface area (Å²) in [4.78, 5) is 29.6. The van der Waals surface area contributed by atoms with Crippen LogP contribution in [0.1, 0.15) is 19.5 Å². The Morgan fingerprint density at radius 2 is 2.06 bits per heavy atom. The number of carbonyl (C=O) groups excluding carboxylic acids is 2. The molecule has 0 saturated heterocycles. The van der Waals surface area contributed by atoms with Gasteiger partial charge in [-0.1, -0.05) is 13.8 Å². The zero-order valence-corrected chi connectivity index (χ0v) is 10.4. The number of rotatable bonds is 5. The zero-order chi connectivity index (χ0) is 13.7.